The van der Waals surface area contributed by atoms with E-state index >= 15 is 38.4 Å². The quantitative estimate of drug-likeness (QED) is 0.0118. The molecule has 4 heterocycles. The van der Waals surface area contributed by atoms with E-state index in [9.17, 15) is 39.0 Å². The first kappa shape index (κ1) is 99.7. The van der Waals surface area contributed by atoms with Crippen molar-refractivity contribution in [2.75, 3.05) is 51.3 Å². The Morgan fingerprint density at radius 3 is 1.46 bits per heavy atom. The zero-order chi connectivity index (χ0) is 93.6. The molecule has 30 N–H and O–H groups in total. The van der Waals surface area contributed by atoms with Gasteiger partial charge in [-0.2, -0.15) is 0 Å². The summed E-state index contributed by atoms with van der Waals surface area (Å²) < 4.78 is 1.53. The summed E-state index contributed by atoms with van der Waals surface area (Å²) in [6.45, 7) is -0.475. The molecule has 8 rings (SSSR count). The van der Waals surface area contributed by atoms with Crippen LogP contribution in [0, 0.1) is 16.2 Å². The van der Waals surface area contributed by atoms with Crippen molar-refractivity contribution in [1.82, 2.24) is 114 Å². The zero-order valence-corrected chi connectivity index (χ0v) is 72.2. The minimum absolute atomic E-state index is 0.00731. The highest BCUT2D eigenvalue weighted by molar-refractivity contribution is 8.00. The van der Waals surface area contributed by atoms with E-state index in [1.165, 1.54) is 73.5 Å². The molecule has 692 valence electrons. The van der Waals surface area contributed by atoms with Crippen molar-refractivity contribution >= 4 is 123 Å². The van der Waals surface area contributed by atoms with E-state index in [-0.39, 0.29) is 114 Å². The molecule has 0 radical (unpaired) electrons. The third-order valence-electron chi connectivity index (χ3n) is 20.8. The number of nitrogens with one attached hydrogen (secondary N) is 20. The molecule has 3 aromatic heterocycles. The lowest BCUT2D eigenvalue weighted by atomic mass is 9.97. The number of benzene rings is 4. The molecule has 45 nitrogen and oxygen atoms in total. The summed E-state index contributed by atoms with van der Waals surface area (Å²) in [5, 5.41) is 86.0. The Morgan fingerprint density at radius 2 is 0.938 bits per heavy atom. The maximum Gasteiger partial charge on any atom is 0.245 e. The summed E-state index contributed by atoms with van der Waals surface area (Å²) >= 11 is 0.789. The van der Waals surface area contributed by atoms with Crippen LogP contribution in [0.5, 0.6) is 5.75 Å². The molecular formula is C83H113N29O16S. The molecule has 0 saturated carbocycles. The number of phenolic OH excluding ortho intramolecular Hbond substituents is 1. The van der Waals surface area contributed by atoms with Crippen molar-refractivity contribution in [3.63, 3.8) is 0 Å². The van der Waals surface area contributed by atoms with Crippen molar-refractivity contribution in [2.45, 2.75) is 163 Å². The van der Waals surface area contributed by atoms with E-state index < -0.39 is 204 Å². The Morgan fingerprint density at radius 1 is 0.488 bits per heavy atom. The summed E-state index contributed by atoms with van der Waals surface area (Å²) in [4.78, 5) is 227. The lowest BCUT2D eigenvalue weighted by Gasteiger charge is -2.33. The molecule has 7 aromatic rings. The van der Waals surface area contributed by atoms with Crippen molar-refractivity contribution in [2.24, 2.45) is 30.0 Å². The van der Waals surface area contributed by atoms with Gasteiger partial charge in [-0.1, -0.05) is 91.9 Å². The molecule has 0 unspecified atom stereocenters. The molecule has 0 aliphatic carbocycles. The molecule has 0 spiro atoms. The van der Waals surface area contributed by atoms with E-state index in [0.717, 1.165) is 22.0 Å². The average Bonchev–Trinajstić information content (AvgIpc) is 1.72. The molecule has 1 aliphatic rings. The van der Waals surface area contributed by atoms with Crippen LogP contribution in [0.3, 0.4) is 0 Å². The van der Waals surface area contributed by atoms with Crippen molar-refractivity contribution < 1.29 is 77.3 Å². The fraction of sp³-hybridized carbons (Fsp3) is 0.422. The number of rotatable bonds is 29. The van der Waals surface area contributed by atoms with Gasteiger partial charge in [-0.05, 0) is 84.5 Å². The van der Waals surface area contributed by atoms with Crippen LogP contribution >= 0.6 is 11.8 Å². The standard InChI is InChI=1S/C83H113N29O16S/c1-4-55-70(118)105-60(32-49-18-10-17-48-16-8-9-19-54(48)49)74(122)106-61(33-50-36-91-43-98-50)75(123)103-57(21-12-28-95-82(87)88)72(120)109-64(40-113)78(126)104-58(22-13-29-96-83(89)90)80(128)112(3)66(31-47-23-25-53(114)26-24-47)79(127)108-62(34-51-37-92-44-99-51)76(124)102-56(20-11-27-94-81(85)86)71(119)107-63(35-52-38-93-45-111(52)2)77(125)110-65(69(117)97-39-67(84)115)41-129-42-68(116)100-59(73(121)101-55)30-46-14-6-5-7-15-46/h5-10,14-19,23-26,36-38,43-45,55-66,113-114H,4,11-13,20-22,27-35,39-42H2,1-3H3,(H2,84,115)(H,91,98)(H,92,99)(H,97,117)(H,100,116)(H,101,121)(H,102,124)(H,103,123)(H,104,126)(H,105,118)(H,106,122)(H,107,119)(H,108,127)(H,109,120)(H,110,125)(H4,85,86,94)(H4,87,88,95)(H4,89,90,96)/t55-,56-,57-,58-,59-,60-,61-,62-,63-,64-,65-,66-/m0/s1. The van der Waals surface area contributed by atoms with Crippen LogP contribution in [0.2, 0.25) is 0 Å². The van der Waals surface area contributed by atoms with E-state index in [0.29, 0.717) is 27.8 Å². The number of likely N-dealkylation sites (N-methyl/N-ethyl adjacent to an activating group) is 1. The van der Waals surface area contributed by atoms with E-state index in [1.54, 1.807) is 74.6 Å². The Hall–Kier alpha value is -14.7. The van der Waals surface area contributed by atoms with Crippen LogP contribution in [0.4, 0.5) is 0 Å². The second-order valence-electron chi connectivity index (χ2n) is 30.6. The van der Waals surface area contributed by atoms with Crippen LogP contribution in [-0.2, 0) is 113 Å². The van der Waals surface area contributed by atoms with E-state index in [4.69, 9.17) is 39.2 Å². The summed E-state index contributed by atoms with van der Waals surface area (Å²) in [5.74, 6) is -16.4. The Bertz CT molecular complexity index is 5020. The topological polar surface area (TPSA) is 714 Å². The van der Waals surface area contributed by atoms with Crippen molar-refractivity contribution in [3.05, 3.63) is 168 Å². The number of hydrogen-bond donors (Lipinski definition) is 26. The van der Waals surface area contributed by atoms with Gasteiger partial charge in [-0.15, -0.1) is 11.8 Å². The van der Waals surface area contributed by atoms with Gasteiger partial charge in [0, 0.05) is 102 Å². The number of primary amides is 1. The van der Waals surface area contributed by atoms with Gasteiger partial charge in [0.05, 0.1) is 49.3 Å². The highest BCUT2D eigenvalue weighted by atomic mass is 32.2. The Balaban J connectivity index is 1.23. The van der Waals surface area contributed by atoms with Crippen LogP contribution < -0.4 is 103 Å². The third kappa shape index (κ3) is 32.3. The number of aliphatic hydroxyl groups excluding tert-OH is 1. The number of aromatic amines is 2. The first-order valence-electron chi connectivity index (χ1n) is 41.5. The number of hydrogen-bond acceptors (Lipinski definition) is 23. The zero-order valence-electron chi connectivity index (χ0n) is 71.3. The highest BCUT2D eigenvalue weighted by Crippen LogP contribution is 2.23. The molecule has 0 bridgehead atoms. The van der Waals surface area contributed by atoms with Gasteiger partial charge in [0.15, 0.2) is 17.9 Å². The normalized spacial score (nSPS) is 21.7. The SMILES string of the molecule is CC[C@@H]1NC(=O)[C@H](Cc2ccccc2)NC(=O)CSC[C@@H](C(=O)NCC(N)=O)NC(=O)[C@H](Cc2cncn2C)NC(=O)[C@H](CCCNC(=N)N)NC(=O)[C@H](Cc2c[nH]cn2)NC(=O)[C@H](Cc2ccc(O)cc2)N(C)C(=O)[C@H](CCCNC(=N)N)NC(=O)[C@H](CO)NC(=O)[C@H](CCCNC(=N)N)NC(=O)[C@H](Cc2c[nH]cn2)NC(=O)[C@H](Cc2cccc3ccccc23)NC1=O. The van der Waals surface area contributed by atoms with Gasteiger partial charge in [0.1, 0.15) is 78.3 Å². The number of phenols is 1. The number of amides is 14. The Kier molecular flexibility index (Phi) is 39.0. The van der Waals surface area contributed by atoms with Crippen molar-refractivity contribution in [3.8, 4) is 5.75 Å². The monoisotopic (exact) mass is 1800 g/mol. The van der Waals surface area contributed by atoms with Gasteiger partial charge in [0.25, 0.3) is 0 Å². The van der Waals surface area contributed by atoms with E-state index in [2.05, 4.69) is 105 Å². The number of nitrogens with two attached hydrogens (primary N) is 4. The maximum absolute atomic E-state index is 15.5. The lowest BCUT2D eigenvalue weighted by Crippen LogP contribution is -2.62. The minimum atomic E-state index is -1.94. The van der Waals surface area contributed by atoms with E-state index in [1.807, 2.05) is 12.1 Å². The molecule has 12 atom stereocenters. The largest absolute Gasteiger partial charge is 0.508 e. The fourth-order valence-corrected chi connectivity index (χ4v) is 14.8. The van der Waals surface area contributed by atoms with Crippen LogP contribution in [0.15, 0.2) is 135 Å². The fourth-order valence-electron chi connectivity index (χ4n) is 13.9. The smallest absolute Gasteiger partial charge is 0.245 e. The molecule has 1 aliphatic heterocycles. The summed E-state index contributed by atoms with van der Waals surface area (Å²) in [6.07, 6.45) is 5.29. The molecule has 4 aromatic carbocycles. The first-order valence-corrected chi connectivity index (χ1v) is 42.7. The molecule has 46 heteroatoms. The summed E-state index contributed by atoms with van der Waals surface area (Å²) in [5.41, 5.74) is 24.5. The second-order valence-corrected chi connectivity index (χ2v) is 31.6. The minimum Gasteiger partial charge on any atom is -0.508 e. The molecule has 14 amide bonds. The number of thioether (sulfide) groups is 1. The van der Waals surface area contributed by atoms with Crippen LogP contribution in [0.1, 0.15) is 85.6 Å². The summed E-state index contributed by atoms with van der Waals surface area (Å²) in [6, 6.07) is 6.79. The number of H-pyrrole nitrogens is 2. The molecule has 129 heavy (non-hydrogen) atoms. The van der Waals surface area contributed by atoms with Crippen LogP contribution in [-0.4, -0.2) is 269 Å². The highest BCUT2D eigenvalue weighted by Gasteiger charge is 2.40. The lowest BCUT2D eigenvalue weighted by molar-refractivity contribution is -0.143. The second kappa shape index (κ2) is 50.4. The average molecular weight is 1810 g/mol. The number of aliphatic hydroxyl groups is 1. The van der Waals surface area contributed by atoms with Gasteiger partial charge in [-0.3, -0.25) is 83.4 Å². The molecular weight excluding hydrogens is 1690 g/mol. The number of fused-ring (bicyclic) bond motifs is 1. The number of nitrogens with zero attached hydrogens (tertiary/aromatic N) is 5. The number of guanidine groups is 3. The molecule has 1 fully saturated rings. The van der Waals surface area contributed by atoms with Crippen LogP contribution in [0.25, 0.3) is 10.8 Å². The predicted molar refractivity (Wildman–Crippen MR) is 473 cm³/mol. The van der Waals surface area contributed by atoms with Gasteiger partial charge < -0.3 is 132 Å². The third-order valence-corrected chi connectivity index (χ3v) is 21.8. The number of carbonyl (C=O) groups is 14. The molecule has 1 saturated heterocycles. The Labute approximate surface area is 745 Å². The van der Waals surface area contributed by atoms with Gasteiger partial charge in [-0.25, -0.2) is 15.0 Å². The number of imidazole rings is 3. The maximum atomic E-state index is 15.5. The number of aromatic hydroxyl groups is 1. The summed E-state index contributed by atoms with van der Waals surface area (Å²) in [7, 11) is 2.80. The predicted octanol–water partition coefficient (Wildman–Crippen LogP) is -5.82. The first-order chi connectivity index (χ1) is 61.7. The van der Waals surface area contributed by atoms with Gasteiger partial charge in [0.2, 0.25) is 82.7 Å². The van der Waals surface area contributed by atoms with Gasteiger partial charge >= 0.3 is 0 Å². The number of aryl methyl sites for hydroxylation is 1. The number of carbonyl (C=O) groups excluding carboxylic acids is 14. The van der Waals surface area contributed by atoms with Crippen molar-refractivity contribution in [1.29, 1.82) is 16.2 Å². The number of aromatic nitrogens is 6.